The van der Waals surface area contributed by atoms with Crippen LogP contribution < -0.4 is 0 Å². The van der Waals surface area contributed by atoms with Crippen molar-refractivity contribution < 1.29 is 4.79 Å². The monoisotopic (exact) mass is 309 g/mol. The highest BCUT2D eigenvalue weighted by atomic mass is 35.5. The molecule has 5 fully saturated rings. The highest BCUT2D eigenvalue weighted by Gasteiger charge is 2.59. The third kappa shape index (κ3) is 2.33. The number of carbonyl (C=O) groups is 1. The predicted octanol–water partition coefficient (Wildman–Crippen LogP) is 4.07. The lowest BCUT2D eigenvalue weighted by atomic mass is 9.44. The molecule has 5 aliphatic rings. The summed E-state index contributed by atoms with van der Waals surface area (Å²) in [7, 11) is 2.03. The summed E-state index contributed by atoms with van der Waals surface area (Å²) < 4.78 is 0. The number of nitrogens with zero attached hydrogens (tertiary/aromatic N) is 1. The molecule has 0 spiro atoms. The molecule has 5 rings (SSSR count). The van der Waals surface area contributed by atoms with Crippen LogP contribution >= 0.6 is 11.6 Å². The maximum absolute atomic E-state index is 13.2. The van der Waals surface area contributed by atoms with Crippen molar-refractivity contribution in [1.82, 2.24) is 4.90 Å². The van der Waals surface area contributed by atoms with E-state index in [2.05, 4.69) is 11.8 Å². The van der Waals surface area contributed by atoms with Crippen molar-refractivity contribution in [3.63, 3.8) is 0 Å². The van der Waals surface area contributed by atoms with Crippen molar-refractivity contribution in [2.24, 2.45) is 28.6 Å². The Balaban J connectivity index is 1.48. The number of hydrogen-bond acceptors (Lipinski definition) is 1. The number of carbonyl (C=O) groups excluding carboxylic acids is 1. The highest BCUT2D eigenvalue weighted by Crippen LogP contribution is 2.65. The molecule has 0 N–H and O–H groups in total. The number of halogens is 1. The van der Waals surface area contributed by atoms with Crippen molar-refractivity contribution in [3.8, 4) is 0 Å². The smallest absolute Gasteiger partial charge is 0.228 e. The Bertz CT molecular complexity index is 442. The molecule has 2 unspecified atom stereocenters. The normalized spacial score (nSPS) is 50.8. The van der Waals surface area contributed by atoms with Crippen LogP contribution in [0.4, 0.5) is 0 Å². The Morgan fingerprint density at radius 2 is 1.76 bits per heavy atom. The van der Waals surface area contributed by atoms with E-state index in [9.17, 15) is 4.79 Å². The molecule has 5 saturated carbocycles. The van der Waals surface area contributed by atoms with Gasteiger partial charge in [-0.2, -0.15) is 0 Å². The Kier molecular flexibility index (Phi) is 3.17. The molecular weight excluding hydrogens is 282 g/mol. The number of alkyl halides is 1. The first kappa shape index (κ1) is 14.4. The summed E-state index contributed by atoms with van der Waals surface area (Å²) in [5.74, 6) is 2.75. The molecule has 0 aromatic carbocycles. The summed E-state index contributed by atoms with van der Waals surface area (Å²) in [6, 6.07) is 0. The first-order valence-corrected chi connectivity index (χ1v) is 9.21. The van der Waals surface area contributed by atoms with Crippen LogP contribution in [-0.2, 0) is 4.79 Å². The summed E-state index contributed by atoms with van der Waals surface area (Å²) >= 11 is 6.08. The molecule has 0 heterocycles. The third-order valence-electron chi connectivity index (χ3n) is 6.86. The van der Waals surface area contributed by atoms with Crippen LogP contribution in [0.3, 0.4) is 0 Å². The summed E-state index contributed by atoms with van der Waals surface area (Å²) in [4.78, 5) is 15.2. The van der Waals surface area contributed by atoms with Gasteiger partial charge in [-0.05, 0) is 74.5 Å². The van der Waals surface area contributed by atoms with Crippen LogP contribution in [0.1, 0.15) is 58.3 Å². The molecule has 21 heavy (non-hydrogen) atoms. The fraction of sp³-hybridized carbons (Fsp3) is 0.944. The van der Waals surface area contributed by atoms with Crippen molar-refractivity contribution in [3.05, 3.63) is 0 Å². The molecule has 2 nitrogen and oxygen atoms in total. The molecule has 5 aliphatic carbocycles. The minimum Gasteiger partial charge on any atom is -0.345 e. The lowest BCUT2D eigenvalue weighted by molar-refractivity contribution is -0.165. The Hall–Kier alpha value is -0.240. The minimum absolute atomic E-state index is 0.00229. The average Bonchev–Trinajstić information content (AvgIpc) is 2.32. The SMILES string of the molecule is CN(CC1CC(Cl)C1)C(=O)C12CC3CC(CC(C)(C3)C1)C2. The van der Waals surface area contributed by atoms with E-state index in [1.807, 2.05) is 7.05 Å². The lowest BCUT2D eigenvalue weighted by Gasteiger charge is -2.61. The van der Waals surface area contributed by atoms with E-state index >= 15 is 0 Å². The molecule has 118 valence electrons. The van der Waals surface area contributed by atoms with Gasteiger partial charge in [-0.1, -0.05) is 6.92 Å². The zero-order valence-electron chi connectivity index (χ0n) is 13.4. The van der Waals surface area contributed by atoms with E-state index in [4.69, 9.17) is 11.6 Å². The summed E-state index contributed by atoms with van der Waals surface area (Å²) in [5, 5.41) is 0.358. The molecule has 0 aliphatic heterocycles. The predicted molar refractivity (Wildman–Crippen MR) is 85.2 cm³/mol. The molecule has 4 bridgehead atoms. The molecule has 0 radical (unpaired) electrons. The lowest BCUT2D eigenvalue weighted by Crippen LogP contribution is -2.57. The quantitative estimate of drug-likeness (QED) is 0.720. The molecule has 3 heteroatoms. The van der Waals surface area contributed by atoms with Crippen molar-refractivity contribution in [2.75, 3.05) is 13.6 Å². The van der Waals surface area contributed by atoms with E-state index < -0.39 is 0 Å². The van der Waals surface area contributed by atoms with Crippen LogP contribution in [0, 0.1) is 28.6 Å². The maximum atomic E-state index is 13.2. The third-order valence-corrected chi connectivity index (χ3v) is 7.22. The van der Waals surface area contributed by atoms with Gasteiger partial charge in [-0.25, -0.2) is 0 Å². The van der Waals surface area contributed by atoms with Gasteiger partial charge in [0.1, 0.15) is 0 Å². The van der Waals surface area contributed by atoms with Gasteiger partial charge in [-0.15, -0.1) is 11.6 Å². The average molecular weight is 310 g/mol. The van der Waals surface area contributed by atoms with Crippen LogP contribution in [0.5, 0.6) is 0 Å². The van der Waals surface area contributed by atoms with Gasteiger partial charge in [0, 0.05) is 19.0 Å². The van der Waals surface area contributed by atoms with Crippen LogP contribution in [0.25, 0.3) is 0 Å². The standard InChI is InChI=1S/C18H28ClNO/c1-17-6-13-3-14(7-17)9-18(8-13,11-17)16(21)20(2)10-12-4-15(19)5-12/h12-15H,3-11H2,1-2H3. The van der Waals surface area contributed by atoms with Gasteiger partial charge in [0.25, 0.3) is 0 Å². The van der Waals surface area contributed by atoms with Gasteiger partial charge in [0.2, 0.25) is 5.91 Å². The molecular formula is C18H28ClNO. The number of hydrogen-bond donors (Lipinski definition) is 0. The molecule has 2 atom stereocenters. The highest BCUT2D eigenvalue weighted by molar-refractivity contribution is 6.21. The fourth-order valence-electron chi connectivity index (χ4n) is 6.65. The molecule has 1 amide bonds. The van der Waals surface area contributed by atoms with Crippen molar-refractivity contribution >= 4 is 17.5 Å². The van der Waals surface area contributed by atoms with Gasteiger partial charge < -0.3 is 4.90 Å². The topological polar surface area (TPSA) is 20.3 Å². The van der Waals surface area contributed by atoms with Crippen LogP contribution in [0.2, 0.25) is 0 Å². The second kappa shape index (κ2) is 4.63. The molecule has 0 saturated heterocycles. The van der Waals surface area contributed by atoms with E-state index in [1.165, 1.54) is 32.1 Å². The van der Waals surface area contributed by atoms with Gasteiger partial charge in [-0.3, -0.25) is 4.79 Å². The van der Waals surface area contributed by atoms with Gasteiger partial charge in [0.15, 0.2) is 0 Å². The van der Waals surface area contributed by atoms with Crippen LogP contribution in [0.15, 0.2) is 0 Å². The van der Waals surface area contributed by atoms with E-state index in [-0.39, 0.29) is 5.41 Å². The van der Waals surface area contributed by atoms with E-state index in [1.54, 1.807) is 0 Å². The first-order valence-electron chi connectivity index (χ1n) is 8.77. The largest absolute Gasteiger partial charge is 0.345 e. The van der Waals surface area contributed by atoms with E-state index in [0.29, 0.717) is 22.6 Å². The zero-order valence-corrected chi connectivity index (χ0v) is 14.2. The second-order valence-electron chi connectivity index (χ2n) is 9.17. The Labute approximate surface area is 133 Å². The van der Waals surface area contributed by atoms with Crippen LogP contribution in [-0.4, -0.2) is 29.8 Å². The Morgan fingerprint density at radius 1 is 1.14 bits per heavy atom. The molecule has 0 aromatic heterocycles. The second-order valence-corrected chi connectivity index (χ2v) is 9.79. The zero-order chi connectivity index (χ0) is 14.8. The first-order chi connectivity index (χ1) is 9.87. The van der Waals surface area contributed by atoms with Gasteiger partial charge in [0.05, 0.1) is 5.41 Å². The van der Waals surface area contributed by atoms with Gasteiger partial charge >= 0.3 is 0 Å². The maximum Gasteiger partial charge on any atom is 0.228 e. The number of rotatable bonds is 3. The molecule has 0 aromatic rings. The summed E-state index contributed by atoms with van der Waals surface area (Å²) in [6.07, 6.45) is 9.82. The Morgan fingerprint density at radius 3 is 2.29 bits per heavy atom. The number of amides is 1. The van der Waals surface area contributed by atoms with Crippen molar-refractivity contribution in [1.29, 1.82) is 0 Å². The van der Waals surface area contributed by atoms with Crippen molar-refractivity contribution in [2.45, 2.75) is 63.7 Å². The summed E-state index contributed by atoms with van der Waals surface area (Å²) in [6.45, 7) is 3.37. The fourth-order valence-corrected chi connectivity index (χ4v) is 7.15. The minimum atomic E-state index is -0.00229. The summed E-state index contributed by atoms with van der Waals surface area (Å²) in [5.41, 5.74) is 0.454. The van der Waals surface area contributed by atoms with E-state index in [0.717, 1.165) is 37.6 Å².